The smallest absolute Gasteiger partial charge is 0.319 e. The molecule has 25 heavy (non-hydrogen) atoms. The Morgan fingerprint density at radius 3 is 2.76 bits per heavy atom. The number of aryl methyl sites for hydroxylation is 1. The molecule has 0 aliphatic rings. The van der Waals surface area contributed by atoms with Gasteiger partial charge in [-0.05, 0) is 25.1 Å². The van der Waals surface area contributed by atoms with Gasteiger partial charge in [0.15, 0.2) is 5.76 Å². The molecule has 0 unspecified atom stereocenters. The van der Waals surface area contributed by atoms with Crippen LogP contribution >= 0.6 is 11.6 Å². The number of amides is 2. The highest BCUT2D eigenvalue weighted by atomic mass is 35.5. The van der Waals surface area contributed by atoms with Crippen LogP contribution < -0.4 is 10.6 Å². The summed E-state index contributed by atoms with van der Waals surface area (Å²) in [6, 6.07) is 12.6. The van der Waals surface area contributed by atoms with Crippen LogP contribution in [0.1, 0.15) is 11.5 Å². The van der Waals surface area contributed by atoms with Crippen LogP contribution in [0.3, 0.4) is 0 Å². The molecule has 7 heteroatoms. The third-order valence-electron chi connectivity index (χ3n) is 3.62. The molecule has 2 N–H and O–H groups in total. The maximum atomic E-state index is 12.2. The fourth-order valence-electron chi connectivity index (χ4n) is 2.36. The van der Waals surface area contributed by atoms with Gasteiger partial charge in [0.1, 0.15) is 11.4 Å². The van der Waals surface area contributed by atoms with E-state index in [4.69, 9.17) is 16.1 Å². The van der Waals surface area contributed by atoms with Crippen LogP contribution in [0.2, 0.25) is 5.02 Å². The first kappa shape index (κ1) is 17.0. The Morgan fingerprint density at radius 2 is 2.00 bits per heavy atom. The predicted octanol–water partition coefficient (Wildman–Crippen LogP) is 4.06. The van der Waals surface area contributed by atoms with Gasteiger partial charge in [0.05, 0.1) is 5.02 Å². The molecule has 0 spiro atoms. The van der Waals surface area contributed by atoms with E-state index in [-0.39, 0.29) is 6.03 Å². The monoisotopic (exact) mass is 356 g/mol. The highest BCUT2D eigenvalue weighted by molar-refractivity contribution is 6.33. The van der Waals surface area contributed by atoms with Crippen LogP contribution in [0.15, 0.2) is 53.2 Å². The number of carbonyl (C=O) groups excluding carboxylic acids is 1. The summed E-state index contributed by atoms with van der Waals surface area (Å²) in [7, 11) is 0. The Hall–Kier alpha value is -2.86. The molecule has 0 fully saturated rings. The first-order valence-corrected chi connectivity index (χ1v) is 8.19. The summed E-state index contributed by atoms with van der Waals surface area (Å²) in [6.07, 6.45) is 2.38. The lowest BCUT2D eigenvalue weighted by Gasteiger charge is -2.08. The fourth-order valence-corrected chi connectivity index (χ4v) is 2.59. The molecule has 2 aromatic heterocycles. The number of anilines is 1. The van der Waals surface area contributed by atoms with Crippen molar-refractivity contribution < 1.29 is 9.32 Å². The van der Waals surface area contributed by atoms with Crippen molar-refractivity contribution in [2.24, 2.45) is 0 Å². The lowest BCUT2D eigenvalue weighted by molar-refractivity contribution is 0.252. The number of carbonyl (C=O) groups is 1. The van der Waals surface area contributed by atoms with Crippen LogP contribution in [0, 0.1) is 6.92 Å². The minimum atomic E-state index is -0.337. The zero-order chi connectivity index (χ0) is 17.6. The molecule has 0 saturated heterocycles. The Labute approximate surface area is 150 Å². The second kappa shape index (κ2) is 7.81. The van der Waals surface area contributed by atoms with Gasteiger partial charge in [0.2, 0.25) is 0 Å². The maximum Gasteiger partial charge on any atom is 0.319 e. The zero-order valence-electron chi connectivity index (χ0n) is 13.6. The maximum absolute atomic E-state index is 12.2. The molecule has 0 atom stereocenters. The van der Waals surface area contributed by atoms with Crippen LogP contribution in [0.5, 0.6) is 0 Å². The summed E-state index contributed by atoms with van der Waals surface area (Å²) in [4.78, 5) is 16.4. The van der Waals surface area contributed by atoms with Crippen LogP contribution in [0.25, 0.3) is 11.3 Å². The Kier molecular flexibility index (Phi) is 5.30. The van der Waals surface area contributed by atoms with E-state index >= 15 is 0 Å². The van der Waals surface area contributed by atoms with E-state index < -0.39 is 0 Å². The molecule has 3 rings (SSSR count). The number of hydrogen-bond donors (Lipinski definition) is 2. The molecule has 0 aliphatic heterocycles. The number of urea groups is 1. The average molecular weight is 357 g/mol. The van der Waals surface area contributed by atoms with Gasteiger partial charge in [-0.25, -0.2) is 4.79 Å². The highest BCUT2D eigenvalue weighted by Gasteiger charge is 2.18. The molecule has 0 radical (unpaired) electrons. The number of nitrogens with zero attached hydrogens (tertiary/aromatic N) is 2. The van der Waals surface area contributed by atoms with Gasteiger partial charge in [-0.1, -0.05) is 41.0 Å². The minimum Gasteiger partial charge on any atom is -0.359 e. The molecular formula is C18H17ClN4O2. The molecule has 0 saturated carbocycles. The van der Waals surface area contributed by atoms with Gasteiger partial charge in [0, 0.05) is 30.4 Å². The van der Waals surface area contributed by atoms with Crippen molar-refractivity contribution in [2.75, 3.05) is 11.9 Å². The summed E-state index contributed by atoms with van der Waals surface area (Å²) in [5.41, 5.74) is 2.62. The van der Waals surface area contributed by atoms with Crippen molar-refractivity contribution in [1.29, 1.82) is 0 Å². The molecular weight excluding hydrogens is 340 g/mol. The Balaban J connectivity index is 1.66. The van der Waals surface area contributed by atoms with Crippen molar-refractivity contribution in [3.05, 3.63) is 65.1 Å². The number of nitrogens with one attached hydrogen (secondary N) is 2. The SMILES string of the molecule is Cc1onc(-c2ccccc2Cl)c1NC(=O)NCCc1ccccn1. The Bertz CT molecular complexity index is 865. The molecule has 1 aromatic carbocycles. The Morgan fingerprint density at radius 1 is 1.20 bits per heavy atom. The molecule has 0 bridgehead atoms. The summed E-state index contributed by atoms with van der Waals surface area (Å²) in [5, 5.41) is 10.1. The largest absolute Gasteiger partial charge is 0.359 e. The van der Waals surface area contributed by atoms with Crippen molar-refractivity contribution in [1.82, 2.24) is 15.5 Å². The second-order valence-electron chi connectivity index (χ2n) is 5.39. The third kappa shape index (κ3) is 4.16. The molecule has 2 heterocycles. The van der Waals surface area contributed by atoms with Crippen molar-refractivity contribution in [2.45, 2.75) is 13.3 Å². The summed E-state index contributed by atoms with van der Waals surface area (Å²) >= 11 is 6.21. The van der Waals surface area contributed by atoms with Gasteiger partial charge in [-0.2, -0.15) is 0 Å². The topological polar surface area (TPSA) is 80.0 Å². The van der Waals surface area contributed by atoms with Gasteiger partial charge in [-0.3, -0.25) is 4.98 Å². The van der Waals surface area contributed by atoms with Gasteiger partial charge in [0.25, 0.3) is 0 Å². The van der Waals surface area contributed by atoms with Gasteiger partial charge >= 0.3 is 6.03 Å². The molecule has 0 aliphatic carbocycles. The first-order valence-electron chi connectivity index (χ1n) is 7.81. The zero-order valence-corrected chi connectivity index (χ0v) is 14.4. The molecule has 3 aromatic rings. The van der Waals surface area contributed by atoms with E-state index in [1.54, 1.807) is 19.2 Å². The third-order valence-corrected chi connectivity index (χ3v) is 3.95. The second-order valence-corrected chi connectivity index (χ2v) is 5.80. The van der Waals surface area contributed by atoms with Crippen molar-refractivity contribution in [3.8, 4) is 11.3 Å². The first-order chi connectivity index (χ1) is 12.1. The van der Waals surface area contributed by atoms with E-state index in [0.29, 0.717) is 40.7 Å². The number of benzene rings is 1. The summed E-state index contributed by atoms with van der Waals surface area (Å²) < 4.78 is 5.22. The number of aromatic nitrogens is 2. The lowest BCUT2D eigenvalue weighted by atomic mass is 10.1. The number of pyridine rings is 1. The predicted molar refractivity (Wildman–Crippen MR) is 96.6 cm³/mol. The van der Waals surface area contributed by atoms with Crippen LogP contribution in [0.4, 0.5) is 10.5 Å². The quantitative estimate of drug-likeness (QED) is 0.722. The van der Waals surface area contributed by atoms with Crippen molar-refractivity contribution in [3.63, 3.8) is 0 Å². The minimum absolute atomic E-state index is 0.337. The standard InChI is InChI=1S/C18H17ClN4O2/c1-12-16(17(23-25-12)14-7-2-3-8-15(14)19)22-18(24)21-11-9-13-6-4-5-10-20-13/h2-8,10H,9,11H2,1H3,(H2,21,22,24). The average Bonchev–Trinajstić information content (AvgIpc) is 2.97. The summed E-state index contributed by atoms with van der Waals surface area (Å²) in [5.74, 6) is 0.509. The highest BCUT2D eigenvalue weighted by Crippen LogP contribution is 2.34. The van der Waals surface area contributed by atoms with Crippen LogP contribution in [-0.4, -0.2) is 22.7 Å². The van der Waals surface area contributed by atoms with Crippen LogP contribution in [-0.2, 0) is 6.42 Å². The van der Waals surface area contributed by atoms with Gasteiger partial charge < -0.3 is 15.2 Å². The van der Waals surface area contributed by atoms with E-state index in [0.717, 1.165) is 5.69 Å². The summed E-state index contributed by atoms with van der Waals surface area (Å²) in [6.45, 7) is 2.20. The van der Waals surface area contributed by atoms with Crippen molar-refractivity contribution >= 4 is 23.3 Å². The van der Waals surface area contributed by atoms with E-state index in [1.807, 2.05) is 36.4 Å². The van der Waals surface area contributed by atoms with E-state index in [2.05, 4.69) is 20.8 Å². The van der Waals surface area contributed by atoms with E-state index in [9.17, 15) is 4.79 Å². The number of halogens is 1. The van der Waals surface area contributed by atoms with Gasteiger partial charge in [-0.15, -0.1) is 0 Å². The number of hydrogen-bond acceptors (Lipinski definition) is 4. The number of rotatable bonds is 5. The lowest BCUT2D eigenvalue weighted by Crippen LogP contribution is -2.30. The molecule has 6 nitrogen and oxygen atoms in total. The molecule has 2 amide bonds. The fraction of sp³-hybridized carbons (Fsp3) is 0.167. The molecule has 128 valence electrons. The normalized spacial score (nSPS) is 10.5. The van der Waals surface area contributed by atoms with E-state index in [1.165, 1.54) is 0 Å².